The lowest BCUT2D eigenvalue weighted by Crippen LogP contribution is -1.97. The van der Waals surface area contributed by atoms with Gasteiger partial charge in [-0.3, -0.25) is 0 Å². The first-order chi connectivity index (χ1) is 8.47. The SMILES string of the molecule is Cc1cc(N)c(Cl)c(Cc2ccc(Br)cc2F)c1. The molecule has 0 aromatic heterocycles. The van der Waals surface area contributed by atoms with E-state index < -0.39 is 0 Å². The fourth-order valence-corrected chi connectivity index (χ4v) is 2.38. The van der Waals surface area contributed by atoms with Crippen molar-refractivity contribution in [2.24, 2.45) is 0 Å². The normalized spacial score (nSPS) is 10.7. The van der Waals surface area contributed by atoms with Crippen molar-refractivity contribution in [3.8, 4) is 0 Å². The van der Waals surface area contributed by atoms with E-state index in [2.05, 4.69) is 15.9 Å². The van der Waals surface area contributed by atoms with E-state index in [4.69, 9.17) is 17.3 Å². The molecule has 94 valence electrons. The Morgan fingerprint density at radius 1 is 1.22 bits per heavy atom. The van der Waals surface area contributed by atoms with Gasteiger partial charge in [0.05, 0.1) is 10.7 Å². The van der Waals surface area contributed by atoms with Gasteiger partial charge < -0.3 is 5.73 Å². The van der Waals surface area contributed by atoms with Crippen molar-refractivity contribution in [1.82, 2.24) is 0 Å². The van der Waals surface area contributed by atoms with Gasteiger partial charge >= 0.3 is 0 Å². The number of nitrogens with two attached hydrogens (primary N) is 1. The van der Waals surface area contributed by atoms with Crippen LogP contribution in [0.1, 0.15) is 16.7 Å². The third-order valence-corrected chi connectivity index (χ3v) is 3.67. The van der Waals surface area contributed by atoms with Crippen LogP contribution in [0.5, 0.6) is 0 Å². The lowest BCUT2D eigenvalue weighted by Gasteiger charge is -2.09. The number of rotatable bonds is 2. The van der Waals surface area contributed by atoms with Gasteiger partial charge in [0.1, 0.15) is 5.82 Å². The Balaban J connectivity index is 2.40. The number of benzene rings is 2. The summed E-state index contributed by atoms with van der Waals surface area (Å²) < 4.78 is 14.5. The molecule has 2 aromatic rings. The average Bonchev–Trinajstić information content (AvgIpc) is 2.29. The van der Waals surface area contributed by atoms with Crippen LogP contribution in [0.15, 0.2) is 34.8 Å². The highest BCUT2D eigenvalue weighted by Gasteiger charge is 2.09. The van der Waals surface area contributed by atoms with Crippen LogP contribution in [0.2, 0.25) is 5.02 Å². The molecule has 0 heterocycles. The monoisotopic (exact) mass is 327 g/mol. The number of halogens is 3. The summed E-state index contributed by atoms with van der Waals surface area (Å²) in [5.41, 5.74) is 8.80. The van der Waals surface area contributed by atoms with E-state index in [1.807, 2.05) is 25.1 Å². The molecule has 0 aliphatic heterocycles. The van der Waals surface area contributed by atoms with Crippen molar-refractivity contribution in [3.63, 3.8) is 0 Å². The lowest BCUT2D eigenvalue weighted by molar-refractivity contribution is 0.613. The summed E-state index contributed by atoms with van der Waals surface area (Å²) in [6.07, 6.45) is 0.434. The van der Waals surface area contributed by atoms with Gasteiger partial charge in [0.25, 0.3) is 0 Å². The Bertz CT molecular complexity index is 599. The Morgan fingerprint density at radius 3 is 2.61 bits per heavy atom. The van der Waals surface area contributed by atoms with Crippen LogP contribution in [0.3, 0.4) is 0 Å². The van der Waals surface area contributed by atoms with Gasteiger partial charge in [0, 0.05) is 10.9 Å². The second-order valence-electron chi connectivity index (χ2n) is 4.24. The number of aryl methyl sites for hydroxylation is 1. The molecule has 1 nitrogen and oxygen atoms in total. The van der Waals surface area contributed by atoms with Gasteiger partial charge in [-0.1, -0.05) is 39.7 Å². The minimum Gasteiger partial charge on any atom is -0.398 e. The van der Waals surface area contributed by atoms with Crippen LogP contribution in [-0.4, -0.2) is 0 Å². The predicted octanol–water partition coefficient (Wildman–Crippen LogP) is 4.72. The third kappa shape index (κ3) is 2.85. The largest absolute Gasteiger partial charge is 0.398 e. The van der Waals surface area contributed by atoms with Gasteiger partial charge in [-0.05, 0) is 41.8 Å². The van der Waals surface area contributed by atoms with Crippen LogP contribution in [-0.2, 0) is 6.42 Å². The number of hydrogen-bond donors (Lipinski definition) is 1. The van der Waals surface area contributed by atoms with E-state index in [0.29, 0.717) is 22.7 Å². The molecule has 2 N–H and O–H groups in total. The maximum Gasteiger partial charge on any atom is 0.127 e. The summed E-state index contributed by atoms with van der Waals surface area (Å²) in [4.78, 5) is 0. The molecule has 0 unspecified atom stereocenters. The first kappa shape index (κ1) is 13.4. The zero-order valence-corrected chi connectivity index (χ0v) is 12.1. The van der Waals surface area contributed by atoms with E-state index in [9.17, 15) is 4.39 Å². The van der Waals surface area contributed by atoms with Crippen LogP contribution in [0.25, 0.3) is 0 Å². The number of hydrogen-bond acceptors (Lipinski definition) is 1. The molecule has 4 heteroatoms. The van der Waals surface area contributed by atoms with Crippen molar-refractivity contribution in [2.75, 3.05) is 5.73 Å². The van der Waals surface area contributed by atoms with E-state index >= 15 is 0 Å². The Morgan fingerprint density at radius 2 is 1.94 bits per heavy atom. The molecule has 0 saturated heterocycles. The second kappa shape index (κ2) is 5.29. The summed E-state index contributed by atoms with van der Waals surface area (Å²) in [6.45, 7) is 1.94. The van der Waals surface area contributed by atoms with Crippen LogP contribution >= 0.6 is 27.5 Å². The van der Waals surface area contributed by atoms with Crippen molar-refractivity contribution >= 4 is 33.2 Å². The molecule has 0 spiro atoms. The molecule has 0 aliphatic rings. The number of nitrogen functional groups attached to an aromatic ring is 1. The molecule has 0 fully saturated rings. The lowest BCUT2D eigenvalue weighted by atomic mass is 10.0. The molecular weight excluding hydrogens is 317 g/mol. The molecule has 0 atom stereocenters. The maximum absolute atomic E-state index is 13.8. The minimum absolute atomic E-state index is 0.250. The van der Waals surface area contributed by atoms with Gasteiger partial charge in [-0.2, -0.15) is 0 Å². The average molecular weight is 329 g/mol. The van der Waals surface area contributed by atoms with E-state index in [1.54, 1.807) is 6.07 Å². The molecule has 0 bridgehead atoms. The summed E-state index contributed by atoms with van der Waals surface area (Å²) >= 11 is 9.38. The second-order valence-corrected chi connectivity index (χ2v) is 5.53. The molecule has 2 aromatic carbocycles. The molecule has 18 heavy (non-hydrogen) atoms. The quantitative estimate of drug-likeness (QED) is 0.793. The molecule has 0 amide bonds. The molecular formula is C14H12BrClFN. The van der Waals surface area contributed by atoms with Crippen molar-refractivity contribution in [3.05, 3.63) is 62.3 Å². The molecule has 0 radical (unpaired) electrons. The summed E-state index contributed by atoms with van der Waals surface area (Å²) in [5.74, 6) is -0.250. The first-order valence-corrected chi connectivity index (χ1v) is 6.63. The predicted molar refractivity (Wildman–Crippen MR) is 77.5 cm³/mol. The molecule has 0 saturated carbocycles. The zero-order chi connectivity index (χ0) is 13.3. The minimum atomic E-state index is -0.250. The van der Waals surface area contributed by atoms with E-state index in [0.717, 1.165) is 15.6 Å². The smallest absolute Gasteiger partial charge is 0.127 e. The Hall–Kier alpha value is -1.06. The summed E-state index contributed by atoms with van der Waals surface area (Å²) in [6, 6.07) is 8.74. The fourth-order valence-electron chi connectivity index (χ4n) is 1.87. The van der Waals surface area contributed by atoms with Crippen LogP contribution in [0.4, 0.5) is 10.1 Å². The third-order valence-electron chi connectivity index (χ3n) is 2.72. The topological polar surface area (TPSA) is 26.0 Å². The standard InChI is InChI=1S/C14H12BrClFN/c1-8-4-10(14(16)13(18)5-8)6-9-2-3-11(15)7-12(9)17/h2-5,7H,6,18H2,1H3. The molecule has 0 aliphatic carbocycles. The van der Waals surface area contributed by atoms with Crippen LogP contribution < -0.4 is 5.73 Å². The van der Waals surface area contributed by atoms with Crippen molar-refractivity contribution in [2.45, 2.75) is 13.3 Å². The Labute approximate surface area is 119 Å². The fraction of sp³-hybridized carbons (Fsp3) is 0.143. The van der Waals surface area contributed by atoms with E-state index in [-0.39, 0.29) is 5.82 Å². The van der Waals surface area contributed by atoms with Crippen molar-refractivity contribution < 1.29 is 4.39 Å². The summed E-state index contributed by atoms with van der Waals surface area (Å²) in [7, 11) is 0. The Kier molecular flexibility index (Phi) is 3.93. The highest BCUT2D eigenvalue weighted by Crippen LogP contribution is 2.28. The van der Waals surface area contributed by atoms with Crippen LogP contribution in [0, 0.1) is 12.7 Å². The van der Waals surface area contributed by atoms with Gasteiger partial charge in [0.2, 0.25) is 0 Å². The number of anilines is 1. The van der Waals surface area contributed by atoms with E-state index in [1.165, 1.54) is 6.07 Å². The highest BCUT2D eigenvalue weighted by atomic mass is 79.9. The van der Waals surface area contributed by atoms with Gasteiger partial charge in [0.15, 0.2) is 0 Å². The van der Waals surface area contributed by atoms with Gasteiger partial charge in [-0.25, -0.2) is 4.39 Å². The first-order valence-electron chi connectivity index (χ1n) is 5.46. The van der Waals surface area contributed by atoms with Crippen molar-refractivity contribution in [1.29, 1.82) is 0 Å². The van der Waals surface area contributed by atoms with Gasteiger partial charge in [-0.15, -0.1) is 0 Å². The highest BCUT2D eigenvalue weighted by molar-refractivity contribution is 9.10. The maximum atomic E-state index is 13.8. The molecule has 2 rings (SSSR count). The summed E-state index contributed by atoms with van der Waals surface area (Å²) in [5, 5.41) is 0.503. The zero-order valence-electron chi connectivity index (χ0n) is 9.81.